The van der Waals surface area contributed by atoms with Crippen molar-refractivity contribution in [3.05, 3.63) is 54.4 Å². The van der Waals surface area contributed by atoms with E-state index in [-0.39, 0.29) is 17.4 Å². The van der Waals surface area contributed by atoms with Crippen molar-refractivity contribution < 1.29 is 9.90 Å². The number of allylic oxidation sites excluding steroid dienone is 1. The summed E-state index contributed by atoms with van der Waals surface area (Å²) < 4.78 is 0. The zero-order valence-corrected chi connectivity index (χ0v) is 9.47. The van der Waals surface area contributed by atoms with Crippen molar-refractivity contribution >= 4 is 11.6 Å². The molecule has 0 heterocycles. The maximum Gasteiger partial charge on any atom is 0.228 e. The second-order valence-electron chi connectivity index (χ2n) is 3.31. The van der Waals surface area contributed by atoms with Crippen molar-refractivity contribution in [2.24, 2.45) is 0 Å². The van der Waals surface area contributed by atoms with E-state index >= 15 is 0 Å². The maximum absolute atomic E-state index is 11.5. The molecule has 0 aliphatic heterocycles. The molecule has 0 aliphatic rings. The van der Waals surface area contributed by atoms with Gasteiger partial charge in [-0.2, -0.15) is 0 Å². The van der Waals surface area contributed by atoms with E-state index in [9.17, 15) is 9.90 Å². The van der Waals surface area contributed by atoms with Crippen molar-refractivity contribution in [2.45, 2.75) is 13.8 Å². The van der Waals surface area contributed by atoms with Crippen LogP contribution in [0.2, 0.25) is 0 Å². The van der Waals surface area contributed by atoms with Gasteiger partial charge in [-0.25, -0.2) is 0 Å². The predicted molar refractivity (Wildman–Crippen MR) is 65.1 cm³/mol. The van der Waals surface area contributed by atoms with E-state index in [0.717, 1.165) is 0 Å². The maximum atomic E-state index is 11.5. The first-order chi connectivity index (χ1) is 7.57. The Labute approximate surface area is 95.3 Å². The van der Waals surface area contributed by atoms with Crippen LogP contribution in [-0.2, 0) is 4.79 Å². The number of benzene rings is 1. The molecule has 0 aliphatic carbocycles. The number of para-hydroxylation sites is 1. The monoisotopic (exact) mass is 217 g/mol. The fourth-order valence-corrected chi connectivity index (χ4v) is 1.39. The molecular weight excluding hydrogens is 202 g/mol. The summed E-state index contributed by atoms with van der Waals surface area (Å²) in [7, 11) is 0. The van der Waals surface area contributed by atoms with Gasteiger partial charge >= 0.3 is 0 Å². The Bertz CT molecular complexity index is 421. The van der Waals surface area contributed by atoms with Crippen LogP contribution in [0.25, 0.3) is 0 Å². The molecule has 0 fully saturated rings. The van der Waals surface area contributed by atoms with Gasteiger partial charge in [0, 0.05) is 12.6 Å². The van der Waals surface area contributed by atoms with E-state index < -0.39 is 0 Å². The lowest BCUT2D eigenvalue weighted by atomic mass is 10.2. The molecule has 1 rings (SSSR count). The van der Waals surface area contributed by atoms with Gasteiger partial charge in [0.15, 0.2) is 0 Å². The minimum absolute atomic E-state index is 0.000877. The minimum Gasteiger partial charge on any atom is -0.506 e. The van der Waals surface area contributed by atoms with Crippen molar-refractivity contribution in [2.75, 3.05) is 4.90 Å². The fraction of sp³-hybridized carbons (Fsp3) is 0.154. The third kappa shape index (κ3) is 2.51. The average molecular weight is 217 g/mol. The molecular formula is C13H15NO2. The Morgan fingerprint density at radius 3 is 2.38 bits per heavy atom. The van der Waals surface area contributed by atoms with Crippen LogP contribution >= 0.6 is 0 Å². The van der Waals surface area contributed by atoms with E-state index in [1.807, 2.05) is 18.2 Å². The number of anilines is 1. The van der Waals surface area contributed by atoms with Gasteiger partial charge in [-0.15, -0.1) is 0 Å². The van der Waals surface area contributed by atoms with Crippen molar-refractivity contribution in [1.82, 2.24) is 0 Å². The molecule has 3 nitrogen and oxygen atoms in total. The highest BCUT2D eigenvalue weighted by Gasteiger charge is 2.16. The van der Waals surface area contributed by atoms with Gasteiger partial charge in [-0.1, -0.05) is 24.8 Å². The topological polar surface area (TPSA) is 40.5 Å². The predicted octanol–water partition coefficient (Wildman–Crippen LogP) is 3.02. The minimum atomic E-state index is -0.190. The number of carbonyl (C=O) groups excluding carboxylic acids is 1. The number of aliphatic hydroxyl groups is 1. The van der Waals surface area contributed by atoms with E-state index in [0.29, 0.717) is 5.69 Å². The molecule has 0 atom stereocenters. The van der Waals surface area contributed by atoms with E-state index in [1.54, 1.807) is 19.1 Å². The summed E-state index contributed by atoms with van der Waals surface area (Å²) in [5.74, 6) is -0.191. The molecule has 0 saturated carbocycles. The van der Waals surface area contributed by atoms with Crippen LogP contribution in [0.5, 0.6) is 0 Å². The SMILES string of the molecule is C=C(/C(O)=C/C)N(C(C)=O)c1ccccc1. The smallest absolute Gasteiger partial charge is 0.228 e. The summed E-state index contributed by atoms with van der Waals surface area (Å²) in [4.78, 5) is 12.9. The molecule has 0 unspecified atom stereocenters. The molecule has 1 aromatic rings. The lowest BCUT2D eigenvalue weighted by Crippen LogP contribution is -2.28. The second kappa shape index (κ2) is 5.16. The molecule has 3 heteroatoms. The number of amides is 1. The van der Waals surface area contributed by atoms with Crippen molar-refractivity contribution in [3.8, 4) is 0 Å². The van der Waals surface area contributed by atoms with E-state index in [2.05, 4.69) is 6.58 Å². The fourth-order valence-electron chi connectivity index (χ4n) is 1.39. The lowest BCUT2D eigenvalue weighted by Gasteiger charge is -2.22. The summed E-state index contributed by atoms with van der Waals surface area (Å²) >= 11 is 0. The first kappa shape index (κ1) is 12.0. The van der Waals surface area contributed by atoms with Crippen LogP contribution in [0.4, 0.5) is 5.69 Å². The number of nitrogens with zero attached hydrogens (tertiary/aromatic N) is 1. The van der Waals surface area contributed by atoms with Crippen LogP contribution in [0, 0.1) is 0 Å². The van der Waals surface area contributed by atoms with Crippen LogP contribution < -0.4 is 4.90 Å². The van der Waals surface area contributed by atoms with Crippen LogP contribution in [0.15, 0.2) is 54.4 Å². The number of rotatable bonds is 3. The molecule has 0 radical (unpaired) electrons. The van der Waals surface area contributed by atoms with Crippen LogP contribution in [0.3, 0.4) is 0 Å². The molecule has 0 aromatic heterocycles. The third-order valence-corrected chi connectivity index (χ3v) is 2.17. The first-order valence-corrected chi connectivity index (χ1v) is 4.98. The highest BCUT2D eigenvalue weighted by Crippen LogP contribution is 2.21. The Balaban J connectivity index is 3.12. The molecule has 1 aromatic carbocycles. The standard InChI is InChI=1S/C13H15NO2/c1-4-13(16)10(2)14(11(3)15)12-8-6-5-7-9-12/h4-9,16H,2H2,1,3H3/b13-4-. The van der Waals surface area contributed by atoms with Gasteiger partial charge in [0.1, 0.15) is 5.76 Å². The molecule has 0 bridgehead atoms. The first-order valence-electron chi connectivity index (χ1n) is 4.98. The third-order valence-electron chi connectivity index (χ3n) is 2.17. The summed E-state index contributed by atoms with van der Waals surface area (Å²) in [5, 5.41) is 9.57. The Morgan fingerprint density at radius 1 is 1.38 bits per heavy atom. The molecule has 1 amide bonds. The van der Waals surface area contributed by atoms with Gasteiger partial charge < -0.3 is 5.11 Å². The number of aliphatic hydroxyl groups excluding tert-OH is 1. The van der Waals surface area contributed by atoms with Crippen molar-refractivity contribution in [3.63, 3.8) is 0 Å². The van der Waals surface area contributed by atoms with Gasteiger partial charge in [-0.05, 0) is 25.1 Å². The Hall–Kier alpha value is -2.03. The molecule has 0 spiro atoms. The van der Waals surface area contributed by atoms with Crippen molar-refractivity contribution in [1.29, 1.82) is 0 Å². The van der Waals surface area contributed by atoms with Crippen LogP contribution in [0.1, 0.15) is 13.8 Å². The number of carbonyl (C=O) groups is 1. The van der Waals surface area contributed by atoms with Gasteiger partial charge in [0.05, 0.1) is 5.70 Å². The number of hydrogen-bond donors (Lipinski definition) is 1. The highest BCUT2D eigenvalue weighted by atomic mass is 16.3. The summed E-state index contributed by atoms with van der Waals surface area (Å²) in [6, 6.07) is 9.08. The largest absolute Gasteiger partial charge is 0.506 e. The normalized spacial score (nSPS) is 11.0. The highest BCUT2D eigenvalue weighted by molar-refractivity contribution is 5.95. The quantitative estimate of drug-likeness (QED) is 0.624. The second-order valence-corrected chi connectivity index (χ2v) is 3.31. The van der Waals surface area contributed by atoms with Gasteiger partial charge in [-0.3, -0.25) is 9.69 Å². The molecule has 0 saturated heterocycles. The zero-order chi connectivity index (χ0) is 12.1. The molecule has 1 N–H and O–H groups in total. The van der Waals surface area contributed by atoms with Crippen LogP contribution in [-0.4, -0.2) is 11.0 Å². The van der Waals surface area contributed by atoms with Gasteiger partial charge in [0.2, 0.25) is 5.91 Å². The molecule has 16 heavy (non-hydrogen) atoms. The zero-order valence-electron chi connectivity index (χ0n) is 9.47. The van der Waals surface area contributed by atoms with E-state index in [1.165, 1.54) is 17.9 Å². The summed E-state index contributed by atoms with van der Waals surface area (Å²) in [6.45, 7) is 6.83. The Kier molecular flexibility index (Phi) is 3.89. The molecule has 84 valence electrons. The lowest BCUT2D eigenvalue weighted by molar-refractivity contribution is -0.116. The van der Waals surface area contributed by atoms with E-state index in [4.69, 9.17) is 0 Å². The summed E-state index contributed by atoms with van der Waals surface area (Å²) in [5.41, 5.74) is 0.967. The summed E-state index contributed by atoms with van der Waals surface area (Å²) in [6.07, 6.45) is 1.50. The number of hydrogen-bond acceptors (Lipinski definition) is 2. The van der Waals surface area contributed by atoms with Gasteiger partial charge in [0.25, 0.3) is 0 Å². The average Bonchev–Trinajstić information content (AvgIpc) is 2.29. The Morgan fingerprint density at radius 2 is 1.94 bits per heavy atom.